The van der Waals surface area contributed by atoms with Gasteiger partial charge < -0.3 is 20.8 Å². The summed E-state index contributed by atoms with van der Waals surface area (Å²) in [5, 5.41) is 22.4. The second-order valence-corrected chi connectivity index (χ2v) is 6.92. The zero-order valence-corrected chi connectivity index (χ0v) is 15.5. The summed E-state index contributed by atoms with van der Waals surface area (Å²) in [7, 11) is 0. The van der Waals surface area contributed by atoms with E-state index in [1.165, 1.54) is 18.5 Å². The summed E-state index contributed by atoms with van der Waals surface area (Å²) in [6.07, 6.45) is 4.17. The highest BCUT2D eigenvalue weighted by Crippen LogP contribution is 2.46. The summed E-state index contributed by atoms with van der Waals surface area (Å²) in [5.41, 5.74) is 6.89. The van der Waals surface area contributed by atoms with Gasteiger partial charge in [-0.1, -0.05) is 23.4 Å². The minimum Gasteiger partial charge on any atom is -0.385 e. The highest BCUT2D eigenvalue weighted by atomic mass is 19.1. The molecule has 9 heteroatoms. The van der Waals surface area contributed by atoms with Gasteiger partial charge in [-0.25, -0.2) is 14.4 Å². The van der Waals surface area contributed by atoms with E-state index in [0.29, 0.717) is 35.4 Å². The molecule has 0 unspecified atom stereocenters. The Labute approximate surface area is 165 Å². The number of nitrogens with zero attached hydrogens (tertiary/aromatic N) is 4. The van der Waals surface area contributed by atoms with Crippen molar-refractivity contribution in [2.24, 2.45) is 4.99 Å². The van der Waals surface area contributed by atoms with Crippen LogP contribution in [-0.2, 0) is 12.1 Å². The van der Waals surface area contributed by atoms with Gasteiger partial charge in [0.2, 0.25) is 0 Å². The molecule has 2 heterocycles. The monoisotopic (exact) mass is 394 g/mol. The molecule has 0 amide bonds. The van der Waals surface area contributed by atoms with Crippen LogP contribution >= 0.6 is 0 Å². The molecule has 1 fully saturated rings. The average Bonchev–Trinajstić information content (AvgIpc) is 3.23. The van der Waals surface area contributed by atoms with Gasteiger partial charge in [-0.3, -0.25) is 4.99 Å². The Balaban J connectivity index is 1.56. The van der Waals surface area contributed by atoms with Crippen molar-refractivity contribution >= 4 is 17.2 Å². The van der Waals surface area contributed by atoms with Crippen molar-refractivity contribution in [2.75, 3.05) is 5.73 Å². The van der Waals surface area contributed by atoms with E-state index < -0.39 is 5.60 Å². The lowest BCUT2D eigenvalue weighted by atomic mass is 10.1. The molecule has 4 rings (SSSR count). The van der Waals surface area contributed by atoms with Crippen LogP contribution in [0.5, 0.6) is 0 Å². The molecule has 1 saturated carbocycles. The fraction of sp³-hybridized carbons (Fsp3) is 0.250. The molecule has 4 N–H and O–H groups in total. The normalized spacial score (nSPS) is 15.3. The number of nitrogen functional groups attached to an aromatic ring is 1. The molecule has 2 aromatic heterocycles. The van der Waals surface area contributed by atoms with E-state index >= 15 is 0 Å². The van der Waals surface area contributed by atoms with Crippen LogP contribution in [0.2, 0.25) is 0 Å². The van der Waals surface area contributed by atoms with E-state index in [-0.39, 0.29) is 36.1 Å². The van der Waals surface area contributed by atoms with Gasteiger partial charge in [-0.05, 0) is 18.9 Å². The summed E-state index contributed by atoms with van der Waals surface area (Å²) >= 11 is 0. The van der Waals surface area contributed by atoms with Gasteiger partial charge in [-0.15, -0.1) is 0 Å². The predicted octanol–water partition coefficient (Wildman–Crippen LogP) is 2.61. The Morgan fingerprint density at radius 3 is 2.76 bits per heavy atom. The fourth-order valence-electron chi connectivity index (χ4n) is 2.93. The first-order valence-corrected chi connectivity index (χ1v) is 9.07. The minimum atomic E-state index is -0.947. The topological polar surface area (TPSA) is 134 Å². The second-order valence-electron chi connectivity index (χ2n) is 6.92. The summed E-state index contributed by atoms with van der Waals surface area (Å²) in [6, 6.07) is 7.98. The molecule has 0 spiro atoms. The van der Waals surface area contributed by atoms with Gasteiger partial charge >= 0.3 is 0 Å². The Morgan fingerprint density at radius 1 is 1.31 bits per heavy atom. The summed E-state index contributed by atoms with van der Waals surface area (Å²) in [6.45, 7) is 0.0944. The van der Waals surface area contributed by atoms with Crippen LogP contribution in [-0.4, -0.2) is 31.7 Å². The zero-order valence-electron chi connectivity index (χ0n) is 15.5. The van der Waals surface area contributed by atoms with Gasteiger partial charge in [0, 0.05) is 29.8 Å². The third kappa shape index (κ3) is 4.04. The molecule has 1 aromatic carbocycles. The number of benzene rings is 1. The first-order valence-electron chi connectivity index (χ1n) is 9.07. The van der Waals surface area contributed by atoms with Crippen molar-refractivity contribution in [3.05, 3.63) is 71.3 Å². The van der Waals surface area contributed by atoms with Crippen LogP contribution < -0.4 is 5.73 Å². The zero-order chi connectivity index (χ0) is 20.4. The predicted molar refractivity (Wildman–Crippen MR) is 104 cm³/mol. The Bertz CT molecular complexity index is 1080. The second kappa shape index (κ2) is 7.51. The number of anilines is 1. The van der Waals surface area contributed by atoms with Crippen molar-refractivity contribution in [3.63, 3.8) is 0 Å². The van der Waals surface area contributed by atoms with Crippen molar-refractivity contribution in [2.45, 2.75) is 31.4 Å². The van der Waals surface area contributed by atoms with Crippen LogP contribution in [0.25, 0.3) is 0 Å². The van der Waals surface area contributed by atoms with Crippen molar-refractivity contribution in [3.8, 4) is 0 Å². The number of rotatable bonds is 7. The Morgan fingerprint density at radius 2 is 2.10 bits per heavy atom. The lowest BCUT2D eigenvalue weighted by molar-refractivity contribution is 0.151. The maximum atomic E-state index is 13.9. The largest absolute Gasteiger partial charge is 0.385 e. The first kappa shape index (κ1) is 18.9. The molecule has 0 bridgehead atoms. The maximum absolute atomic E-state index is 13.9. The molecule has 0 atom stereocenters. The van der Waals surface area contributed by atoms with E-state index in [0.717, 1.165) is 0 Å². The molecule has 148 valence electrons. The number of aliphatic imine (C=N–C) groups is 1. The first-order chi connectivity index (χ1) is 14.0. The number of aliphatic hydroxyl groups is 1. The minimum absolute atomic E-state index is 0.0596. The van der Waals surface area contributed by atoms with Crippen LogP contribution in [0.4, 0.5) is 10.2 Å². The third-order valence-electron chi connectivity index (χ3n) is 4.79. The van der Waals surface area contributed by atoms with Crippen molar-refractivity contribution in [1.29, 1.82) is 5.41 Å². The van der Waals surface area contributed by atoms with Crippen LogP contribution in [0.3, 0.4) is 0 Å². The molecule has 3 aromatic rings. The quantitative estimate of drug-likeness (QED) is 0.527. The van der Waals surface area contributed by atoms with Crippen molar-refractivity contribution < 1.29 is 14.0 Å². The number of aromatic nitrogens is 3. The summed E-state index contributed by atoms with van der Waals surface area (Å²) in [4.78, 5) is 12.8. The number of nitrogens with two attached hydrogens (primary N) is 1. The maximum Gasteiger partial charge on any atom is 0.175 e. The third-order valence-corrected chi connectivity index (χ3v) is 4.79. The standard InChI is InChI=1S/C20H19FN6O2/c21-14-4-2-1-3-12(14)10-24-17(16-5-8-29-27-16)9-15(22)19-25-11-13(18(23)26-19)20(28)6-7-20/h1-5,8,11,22,28H,6-7,9-10H2,(H2,23,25,26). The molecule has 0 saturated heterocycles. The van der Waals surface area contributed by atoms with E-state index in [9.17, 15) is 9.50 Å². The van der Waals surface area contributed by atoms with Gasteiger partial charge in [0.05, 0.1) is 23.6 Å². The van der Waals surface area contributed by atoms with E-state index in [1.807, 2.05) is 0 Å². The molecule has 29 heavy (non-hydrogen) atoms. The van der Waals surface area contributed by atoms with Gasteiger partial charge in [-0.2, -0.15) is 0 Å². The Kier molecular flexibility index (Phi) is 4.89. The van der Waals surface area contributed by atoms with Crippen molar-refractivity contribution in [1.82, 2.24) is 15.1 Å². The van der Waals surface area contributed by atoms with Crippen LogP contribution in [0.15, 0.2) is 52.3 Å². The number of nitrogens with one attached hydrogen (secondary N) is 1. The molecule has 1 aliphatic rings. The van der Waals surface area contributed by atoms with Gasteiger partial charge in [0.15, 0.2) is 5.82 Å². The molecule has 0 aliphatic heterocycles. The number of halogens is 1. The lowest BCUT2D eigenvalue weighted by Gasteiger charge is -2.11. The summed E-state index contributed by atoms with van der Waals surface area (Å²) in [5.74, 6) is -0.0563. The molecular weight excluding hydrogens is 375 g/mol. The van der Waals surface area contributed by atoms with Crippen LogP contribution in [0, 0.1) is 11.2 Å². The van der Waals surface area contributed by atoms with E-state index in [2.05, 4.69) is 20.1 Å². The highest BCUT2D eigenvalue weighted by molar-refractivity contribution is 6.14. The molecule has 0 radical (unpaired) electrons. The van der Waals surface area contributed by atoms with Gasteiger partial charge in [0.25, 0.3) is 0 Å². The highest BCUT2D eigenvalue weighted by Gasteiger charge is 2.44. The molecule has 8 nitrogen and oxygen atoms in total. The Hall–Kier alpha value is -3.46. The molecular formula is C20H19FN6O2. The molecule has 1 aliphatic carbocycles. The van der Waals surface area contributed by atoms with E-state index in [1.54, 1.807) is 24.3 Å². The van der Waals surface area contributed by atoms with Crippen LogP contribution in [0.1, 0.15) is 41.9 Å². The smallest absolute Gasteiger partial charge is 0.175 e. The lowest BCUT2D eigenvalue weighted by Crippen LogP contribution is -2.17. The summed E-state index contributed by atoms with van der Waals surface area (Å²) < 4.78 is 18.8. The number of hydrogen-bond acceptors (Lipinski definition) is 8. The SMILES string of the molecule is N=C(CC(=NCc1ccccc1F)c1ccon1)c1ncc(C2(O)CC2)c(N)n1. The van der Waals surface area contributed by atoms with Gasteiger partial charge in [0.1, 0.15) is 23.6 Å². The number of hydrogen-bond donors (Lipinski definition) is 3. The average molecular weight is 394 g/mol. The fourth-order valence-corrected chi connectivity index (χ4v) is 2.93. The van der Waals surface area contributed by atoms with E-state index in [4.69, 9.17) is 15.7 Å².